The van der Waals surface area contributed by atoms with Crippen molar-refractivity contribution in [3.8, 4) is 0 Å². The Balaban J connectivity index is 2.71. The van der Waals surface area contributed by atoms with Crippen LogP contribution in [0.25, 0.3) is 0 Å². The van der Waals surface area contributed by atoms with Crippen LogP contribution in [0.2, 0.25) is 0 Å². The van der Waals surface area contributed by atoms with Crippen molar-refractivity contribution < 1.29 is 27.3 Å². The van der Waals surface area contributed by atoms with Crippen LogP contribution in [-0.4, -0.2) is 47.1 Å². The SMILES string of the molecule is [B]C1OC(/C=C/P(=O)(O)O)C(OI)C1O. The lowest BCUT2D eigenvalue weighted by atomic mass is 9.93. The number of hydrogen-bond donors (Lipinski definition) is 3. The summed E-state index contributed by atoms with van der Waals surface area (Å²) in [5, 5.41) is 9.45. The molecule has 1 aliphatic heterocycles. The van der Waals surface area contributed by atoms with Crippen molar-refractivity contribution in [2.75, 3.05) is 0 Å². The Morgan fingerprint density at radius 2 is 2.13 bits per heavy atom. The molecule has 0 aromatic heterocycles. The highest BCUT2D eigenvalue weighted by Gasteiger charge is 2.40. The fourth-order valence-corrected chi connectivity index (χ4v) is 2.16. The third-order valence-electron chi connectivity index (χ3n) is 1.88. The Morgan fingerprint density at radius 3 is 2.60 bits per heavy atom. The molecule has 0 amide bonds. The number of aliphatic hydroxyl groups excluding tert-OH is 1. The second kappa shape index (κ2) is 5.26. The molecule has 0 saturated carbocycles. The van der Waals surface area contributed by atoms with Gasteiger partial charge in [-0.15, -0.1) is 0 Å². The number of halogens is 1. The van der Waals surface area contributed by atoms with Gasteiger partial charge in [0.25, 0.3) is 0 Å². The van der Waals surface area contributed by atoms with Crippen molar-refractivity contribution in [2.45, 2.75) is 24.3 Å². The summed E-state index contributed by atoms with van der Waals surface area (Å²) in [6, 6.07) is -0.920. The van der Waals surface area contributed by atoms with E-state index in [2.05, 4.69) is 0 Å². The van der Waals surface area contributed by atoms with Crippen LogP contribution >= 0.6 is 30.6 Å². The van der Waals surface area contributed by atoms with Crippen LogP contribution in [0.1, 0.15) is 0 Å². The van der Waals surface area contributed by atoms with Crippen molar-refractivity contribution in [3.63, 3.8) is 0 Å². The van der Waals surface area contributed by atoms with E-state index < -0.39 is 31.9 Å². The zero-order chi connectivity index (χ0) is 11.6. The molecule has 4 unspecified atom stereocenters. The van der Waals surface area contributed by atoms with Crippen LogP contribution in [0.15, 0.2) is 11.9 Å². The summed E-state index contributed by atoms with van der Waals surface area (Å²) in [4.78, 5) is 17.2. The summed E-state index contributed by atoms with van der Waals surface area (Å²) in [7, 11) is 1.15. The fourth-order valence-electron chi connectivity index (χ4n) is 1.18. The smallest absolute Gasteiger partial charge is 0.348 e. The quantitative estimate of drug-likeness (QED) is 0.368. The maximum atomic E-state index is 10.6. The van der Waals surface area contributed by atoms with Crippen LogP contribution in [-0.2, 0) is 12.4 Å². The molecule has 1 fully saturated rings. The molecule has 15 heavy (non-hydrogen) atoms. The minimum Gasteiger partial charge on any atom is -0.388 e. The van der Waals surface area contributed by atoms with E-state index in [1.165, 1.54) is 0 Å². The number of ether oxygens (including phenoxy) is 1. The van der Waals surface area contributed by atoms with Gasteiger partial charge in [0.15, 0.2) is 0 Å². The molecule has 84 valence electrons. The Kier molecular flexibility index (Phi) is 4.78. The summed E-state index contributed by atoms with van der Waals surface area (Å²) >= 11 is 1.57. The molecule has 1 aliphatic rings. The predicted octanol–water partition coefficient (Wildman–Crippen LogP) is -0.333. The van der Waals surface area contributed by atoms with Gasteiger partial charge < -0.3 is 22.7 Å². The Hall–Kier alpha value is 0.565. The van der Waals surface area contributed by atoms with Crippen molar-refractivity contribution in [2.24, 2.45) is 0 Å². The van der Waals surface area contributed by atoms with E-state index in [-0.39, 0.29) is 0 Å². The van der Waals surface area contributed by atoms with Gasteiger partial charge in [-0.1, -0.05) is 0 Å². The highest BCUT2D eigenvalue weighted by Crippen LogP contribution is 2.37. The number of rotatable bonds is 3. The summed E-state index contributed by atoms with van der Waals surface area (Å²) in [6.45, 7) is 0. The average Bonchev–Trinajstić information content (AvgIpc) is 2.38. The van der Waals surface area contributed by atoms with E-state index in [4.69, 9.17) is 25.4 Å². The Morgan fingerprint density at radius 1 is 1.53 bits per heavy atom. The number of hydrogen-bond acceptors (Lipinski definition) is 4. The van der Waals surface area contributed by atoms with Crippen LogP contribution < -0.4 is 0 Å². The lowest BCUT2D eigenvalue weighted by Crippen LogP contribution is -2.32. The zero-order valence-electron chi connectivity index (χ0n) is 7.43. The summed E-state index contributed by atoms with van der Waals surface area (Å²) < 4.78 is 20.5. The van der Waals surface area contributed by atoms with E-state index in [0.717, 1.165) is 6.08 Å². The fraction of sp³-hybridized carbons (Fsp3) is 0.667. The zero-order valence-corrected chi connectivity index (χ0v) is 10.5. The molecule has 0 bridgehead atoms. The normalized spacial score (nSPS) is 37.6. The molecule has 0 spiro atoms. The second-order valence-electron chi connectivity index (χ2n) is 3.04. The molecule has 1 rings (SSSR count). The largest absolute Gasteiger partial charge is 0.388 e. The lowest BCUT2D eigenvalue weighted by molar-refractivity contribution is 0.0761. The number of aliphatic hydroxyl groups is 1. The molecular formula is C6H9BIO6P. The average molecular weight is 346 g/mol. The molecule has 6 nitrogen and oxygen atoms in total. The summed E-state index contributed by atoms with van der Waals surface area (Å²) in [5.41, 5.74) is 0. The molecular weight excluding hydrogens is 337 g/mol. The lowest BCUT2D eigenvalue weighted by Gasteiger charge is -2.14. The van der Waals surface area contributed by atoms with E-state index in [1.807, 2.05) is 0 Å². The van der Waals surface area contributed by atoms with Crippen molar-refractivity contribution in [1.82, 2.24) is 0 Å². The van der Waals surface area contributed by atoms with Gasteiger partial charge in [0.1, 0.15) is 49.2 Å². The van der Waals surface area contributed by atoms with Crippen LogP contribution in [0.5, 0.6) is 0 Å². The Bertz CT molecular complexity index is 293. The second-order valence-corrected chi connectivity index (χ2v) is 5.03. The molecule has 9 heteroatoms. The van der Waals surface area contributed by atoms with E-state index in [1.54, 1.807) is 23.0 Å². The van der Waals surface area contributed by atoms with E-state index in [0.29, 0.717) is 5.82 Å². The maximum absolute atomic E-state index is 10.6. The molecule has 0 aliphatic carbocycles. The summed E-state index contributed by atoms with van der Waals surface area (Å²) in [6.07, 6.45) is -1.38. The minimum atomic E-state index is -4.24. The van der Waals surface area contributed by atoms with Gasteiger partial charge in [0.05, 0.1) is 0 Å². The van der Waals surface area contributed by atoms with Gasteiger partial charge in [0, 0.05) is 11.8 Å². The molecule has 2 radical (unpaired) electrons. The molecule has 0 aromatic carbocycles. The van der Waals surface area contributed by atoms with Crippen molar-refractivity contribution in [3.05, 3.63) is 11.9 Å². The minimum absolute atomic E-state index is 0.699. The van der Waals surface area contributed by atoms with Gasteiger partial charge in [-0.25, -0.2) is 0 Å². The highest BCUT2D eigenvalue weighted by molar-refractivity contribution is 14.1. The first-order chi connectivity index (χ1) is 6.85. The van der Waals surface area contributed by atoms with Crippen LogP contribution in [0, 0.1) is 0 Å². The first-order valence-electron chi connectivity index (χ1n) is 3.96. The molecule has 1 saturated heterocycles. The van der Waals surface area contributed by atoms with Gasteiger partial charge in [-0.3, -0.25) is 4.57 Å². The van der Waals surface area contributed by atoms with Crippen molar-refractivity contribution in [1.29, 1.82) is 0 Å². The Labute approximate surface area is 102 Å². The van der Waals surface area contributed by atoms with Gasteiger partial charge in [0.2, 0.25) is 0 Å². The highest BCUT2D eigenvalue weighted by atomic mass is 127. The van der Waals surface area contributed by atoms with Crippen LogP contribution in [0.3, 0.4) is 0 Å². The van der Waals surface area contributed by atoms with Crippen LogP contribution in [0.4, 0.5) is 0 Å². The molecule has 4 atom stereocenters. The predicted molar refractivity (Wildman–Crippen MR) is 60.5 cm³/mol. The third kappa shape index (κ3) is 3.81. The van der Waals surface area contributed by atoms with Gasteiger partial charge in [-0.2, -0.15) is 0 Å². The molecule has 0 aromatic rings. The topological polar surface area (TPSA) is 96.2 Å². The van der Waals surface area contributed by atoms with E-state index in [9.17, 15) is 9.67 Å². The molecule has 1 heterocycles. The standard InChI is InChI=1S/C6H9BIO6P/c7-6-4(9)5(14-8)3(13-6)1-2-15(10,11)12/h1-6,9H,(H2,10,11,12)/b2-1+. The van der Waals surface area contributed by atoms with Crippen molar-refractivity contribution >= 4 is 38.4 Å². The first-order valence-corrected chi connectivity index (χ1v) is 6.52. The van der Waals surface area contributed by atoms with Gasteiger partial charge in [-0.05, 0) is 6.08 Å². The first kappa shape index (κ1) is 13.6. The monoisotopic (exact) mass is 346 g/mol. The summed E-state index contributed by atoms with van der Waals surface area (Å²) in [5.74, 6) is 0.699. The maximum Gasteiger partial charge on any atom is 0.348 e. The van der Waals surface area contributed by atoms with E-state index >= 15 is 0 Å². The third-order valence-corrected chi connectivity index (χ3v) is 3.03. The van der Waals surface area contributed by atoms with Gasteiger partial charge >= 0.3 is 7.60 Å². The molecule has 3 N–H and O–H groups in total.